The number of aromatic nitrogens is 4. The molecule has 0 spiro atoms. The third-order valence-corrected chi connectivity index (χ3v) is 4.62. The molecule has 1 atom stereocenters. The van der Waals surface area contributed by atoms with Gasteiger partial charge in [-0.15, -0.1) is 0 Å². The van der Waals surface area contributed by atoms with E-state index in [4.69, 9.17) is 0 Å². The molecule has 1 fully saturated rings. The molecule has 0 radical (unpaired) electrons. The predicted molar refractivity (Wildman–Crippen MR) is 98.1 cm³/mol. The Morgan fingerprint density at radius 2 is 2.12 bits per heavy atom. The summed E-state index contributed by atoms with van der Waals surface area (Å²) in [5, 5.41) is 10.5. The van der Waals surface area contributed by atoms with Crippen molar-refractivity contribution in [1.29, 1.82) is 0 Å². The van der Waals surface area contributed by atoms with Crippen LogP contribution < -0.4 is 5.32 Å². The Kier molecular flexibility index (Phi) is 4.43. The molecule has 0 bridgehead atoms. The van der Waals surface area contributed by atoms with E-state index in [1.54, 1.807) is 12.4 Å². The number of aromatic amines is 1. The fourth-order valence-corrected chi connectivity index (χ4v) is 3.31. The zero-order chi connectivity index (χ0) is 17.1. The molecule has 3 heterocycles. The van der Waals surface area contributed by atoms with E-state index in [0.717, 1.165) is 43.0 Å². The third kappa shape index (κ3) is 3.69. The lowest BCUT2D eigenvalue weighted by Crippen LogP contribution is -2.26. The van der Waals surface area contributed by atoms with Crippen molar-refractivity contribution in [3.05, 3.63) is 60.0 Å². The van der Waals surface area contributed by atoms with Crippen LogP contribution in [0.4, 0.5) is 5.95 Å². The van der Waals surface area contributed by atoms with E-state index in [-0.39, 0.29) is 0 Å². The van der Waals surface area contributed by atoms with Crippen LogP contribution in [0.15, 0.2) is 48.8 Å². The molecule has 0 aliphatic carbocycles. The van der Waals surface area contributed by atoms with Crippen LogP contribution in [0.5, 0.6) is 0 Å². The number of likely N-dealkylation sites (tertiary alicyclic amines) is 1. The summed E-state index contributed by atoms with van der Waals surface area (Å²) < 4.78 is 0. The lowest BCUT2D eigenvalue weighted by Gasteiger charge is -2.17. The Labute approximate surface area is 147 Å². The van der Waals surface area contributed by atoms with Crippen LogP contribution in [0.2, 0.25) is 0 Å². The van der Waals surface area contributed by atoms with Crippen LogP contribution in [0.1, 0.15) is 17.7 Å². The van der Waals surface area contributed by atoms with Gasteiger partial charge in [0.15, 0.2) is 0 Å². The summed E-state index contributed by atoms with van der Waals surface area (Å²) in [4.78, 5) is 11.5. The molecule has 1 aromatic carbocycles. The molecule has 1 aliphatic heterocycles. The Hall–Kier alpha value is -2.73. The summed E-state index contributed by atoms with van der Waals surface area (Å²) in [5.74, 6) is 0.685. The number of nitrogens with zero attached hydrogens (tertiary/aromatic N) is 4. The van der Waals surface area contributed by atoms with Gasteiger partial charge in [0.25, 0.3) is 0 Å². The molecule has 3 aromatic rings. The summed E-state index contributed by atoms with van der Waals surface area (Å²) in [7, 11) is 0. The van der Waals surface area contributed by atoms with Crippen molar-refractivity contribution in [2.75, 3.05) is 18.4 Å². The molecule has 0 amide bonds. The lowest BCUT2D eigenvalue weighted by molar-refractivity contribution is 0.328. The SMILES string of the molecule is Cc1[nH]ncc1-c1ccnc(NC2CCN(Cc3ccccc3)C2)n1. The highest BCUT2D eigenvalue weighted by Gasteiger charge is 2.23. The number of hydrogen-bond acceptors (Lipinski definition) is 5. The maximum atomic E-state index is 4.65. The zero-order valence-corrected chi connectivity index (χ0v) is 14.3. The standard InChI is InChI=1S/C19H22N6/c1-14-17(11-21-24-14)18-7-9-20-19(23-18)22-16-8-10-25(13-16)12-15-5-3-2-4-6-15/h2-7,9,11,16H,8,10,12-13H2,1H3,(H,21,24)(H,20,22,23). The number of nitrogens with one attached hydrogen (secondary N) is 2. The van der Waals surface area contributed by atoms with Crippen LogP contribution in [0.3, 0.4) is 0 Å². The van der Waals surface area contributed by atoms with Gasteiger partial charge in [0, 0.05) is 43.1 Å². The highest BCUT2D eigenvalue weighted by atomic mass is 15.2. The summed E-state index contributed by atoms with van der Waals surface area (Å²) in [6.45, 7) is 5.09. The van der Waals surface area contributed by atoms with E-state index in [9.17, 15) is 0 Å². The fourth-order valence-electron chi connectivity index (χ4n) is 3.31. The molecule has 2 aromatic heterocycles. The smallest absolute Gasteiger partial charge is 0.223 e. The van der Waals surface area contributed by atoms with E-state index in [1.807, 2.05) is 13.0 Å². The molecule has 1 aliphatic rings. The number of aryl methyl sites for hydroxylation is 1. The Morgan fingerprint density at radius 1 is 1.24 bits per heavy atom. The Morgan fingerprint density at radius 3 is 2.92 bits per heavy atom. The van der Waals surface area contributed by atoms with Gasteiger partial charge in [-0.25, -0.2) is 9.97 Å². The second-order valence-electron chi connectivity index (χ2n) is 6.52. The molecule has 1 saturated heterocycles. The minimum atomic E-state index is 0.379. The van der Waals surface area contributed by atoms with Crippen LogP contribution >= 0.6 is 0 Å². The maximum absolute atomic E-state index is 4.65. The zero-order valence-electron chi connectivity index (χ0n) is 14.3. The van der Waals surface area contributed by atoms with Gasteiger partial charge in [0.05, 0.1) is 11.9 Å². The fraction of sp³-hybridized carbons (Fsp3) is 0.316. The predicted octanol–water partition coefficient (Wildman–Crippen LogP) is 2.86. The molecular weight excluding hydrogens is 312 g/mol. The van der Waals surface area contributed by atoms with Crippen LogP contribution in [-0.2, 0) is 6.54 Å². The highest BCUT2D eigenvalue weighted by Crippen LogP contribution is 2.21. The third-order valence-electron chi connectivity index (χ3n) is 4.62. The van der Waals surface area contributed by atoms with E-state index >= 15 is 0 Å². The molecule has 6 heteroatoms. The van der Waals surface area contributed by atoms with Crippen molar-refractivity contribution in [3.63, 3.8) is 0 Å². The van der Waals surface area contributed by atoms with Crippen LogP contribution in [0, 0.1) is 6.92 Å². The molecule has 6 nitrogen and oxygen atoms in total. The minimum absolute atomic E-state index is 0.379. The first kappa shape index (κ1) is 15.8. The second-order valence-corrected chi connectivity index (χ2v) is 6.52. The highest BCUT2D eigenvalue weighted by molar-refractivity contribution is 5.61. The first-order chi connectivity index (χ1) is 12.3. The van der Waals surface area contributed by atoms with Crippen molar-refractivity contribution in [2.45, 2.75) is 25.9 Å². The largest absolute Gasteiger partial charge is 0.350 e. The van der Waals surface area contributed by atoms with Gasteiger partial charge < -0.3 is 5.32 Å². The van der Waals surface area contributed by atoms with Crippen molar-refractivity contribution in [3.8, 4) is 11.3 Å². The number of anilines is 1. The summed E-state index contributed by atoms with van der Waals surface area (Å²) in [5.41, 5.74) is 4.28. The van der Waals surface area contributed by atoms with E-state index in [2.05, 4.69) is 60.7 Å². The molecule has 128 valence electrons. The summed E-state index contributed by atoms with van der Waals surface area (Å²) in [6.07, 6.45) is 4.71. The van der Waals surface area contributed by atoms with Gasteiger partial charge in [-0.3, -0.25) is 10.00 Å². The van der Waals surface area contributed by atoms with Crippen molar-refractivity contribution in [2.24, 2.45) is 0 Å². The maximum Gasteiger partial charge on any atom is 0.223 e. The summed E-state index contributed by atoms with van der Waals surface area (Å²) >= 11 is 0. The Bertz CT molecular complexity index is 829. The number of benzene rings is 1. The Balaban J connectivity index is 1.39. The van der Waals surface area contributed by atoms with E-state index < -0.39 is 0 Å². The second kappa shape index (κ2) is 7.03. The normalized spacial score (nSPS) is 17.7. The molecule has 25 heavy (non-hydrogen) atoms. The van der Waals surface area contributed by atoms with Gasteiger partial charge in [0.2, 0.25) is 5.95 Å². The van der Waals surface area contributed by atoms with Crippen LogP contribution in [-0.4, -0.2) is 44.2 Å². The molecular formula is C19H22N6. The molecule has 1 unspecified atom stereocenters. The number of H-pyrrole nitrogens is 1. The molecule has 4 rings (SSSR count). The first-order valence-corrected chi connectivity index (χ1v) is 8.64. The quantitative estimate of drug-likeness (QED) is 0.751. The molecule has 2 N–H and O–H groups in total. The van der Waals surface area contributed by atoms with Gasteiger partial charge in [-0.05, 0) is 25.0 Å². The monoisotopic (exact) mass is 334 g/mol. The van der Waals surface area contributed by atoms with E-state index in [0.29, 0.717) is 12.0 Å². The average molecular weight is 334 g/mol. The molecule has 0 saturated carbocycles. The van der Waals surface area contributed by atoms with Crippen LogP contribution in [0.25, 0.3) is 11.3 Å². The van der Waals surface area contributed by atoms with Crippen molar-refractivity contribution >= 4 is 5.95 Å². The first-order valence-electron chi connectivity index (χ1n) is 8.64. The minimum Gasteiger partial charge on any atom is -0.350 e. The lowest BCUT2D eigenvalue weighted by atomic mass is 10.2. The number of rotatable bonds is 5. The van der Waals surface area contributed by atoms with Gasteiger partial charge in [-0.1, -0.05) is 30.3 Å². The van der Waals surface area contributed by atoms with Crippen molar-refractivity contribution in [1.82, 2.24) is 25.1 Å². The van der Waals surface area contributed by atoms with Gasteiger partial charge in [0.1, 0.15) is 0 Å². The van der Waals surface area contributed by atoms with Gasteiger partial charge in [-0.2, -0.15) is 5.10 Å². The van der Waals surface area contributed by atoms with Gasteiger partial charge >= 0.3 is 0 Å². The number of hydrogen-bond donors (Lipinski definition) is 2. The van der Waals surface area contributed by atoms with Crippen molar-refractivity contribution < 1.29 is 0 Å². The van der Waals surface area contributed by atoms with E-state index in [1.165, 1.54) is 5.56 Å². The summed E-state index contributed by atoms with van der Waals surface area (Å²) in [6, 6.07) is 12.9. The topological polar surface area (TPSA) is 69.7 Å². The average Bonchev–Trinajstić information content (AvgIpc) is 3.25.